The van der Waals surface area contributed by atoms with Crippen molar-refractivity contribution in [2.75, 3.05) is 12.4 Å². The number of nitro groups is 1. The van der Waals surface area contributed by atoms with Crippen LogP contribution in [0.15, 0.2) is 42.5 Å². The Kier molecular flexibility index (Phi) is 4.42. The van der Waals surface area contributed by atoms with E-state index in [1.807, 2.05) is 38.1 Å². The zero-order valence-corrected chi connectivity index (χ0v) is 12.3. The first-order chi connectivity index (χ1) is 10.0. The van der Waals surface area contributed by atoms with Crippen LogP contribution in [0.5, 0.6) is 5.75 Å². The van der Waals surface area contributed by atoms with Crippen LogP contribution >= 0.6 is 0 Å². The molecule has 0 bridgehead atoms. The third kappa shape index (κ3) is 3.51. The van der Waals surface area contributed by atoms with Crippen molar-refractivity contribution in [3.63, 3.8) is 0 Å². The SMILES string of the molecule is COc1cccc(C(C)Nc2cc([N+](=O)[O-])ccc2C)c1. The van der Waals surface area contributed by atoms with Gasteiger partial charge in [-0.05, 0) is 37.1 Å². The van der Waals surface area contributed by atoms with Crippen molar-refractivity contribution >= 4 is 11.4 Å². The van der Waals surface area contributed by atoms with Gasteiger partial charge in [-0.3, -0.25) is 10.1 Å². The Morgan fingerprint density at radius 3 is 2.67 bits per heavy atom. The van der Waals surface area contributed by atoms with Crippen LogP contribution in [-0.2, 0) is 0 Å². The van der Waals surface area contributed by atoms with Crippen LogP contribution in [0.1, 0.15) is 24.1 Å². The van der Waals surface area contributed by atoms with Gasteiger partial charge in [0, 0.05) is 23.9 Å². The highest BCUT2D eigenvalue weighted by atomic mass is 16.6. The Bertz CT molecular complexity index is 656. The lowest BCUT2D eigenvalue weighted by Crippen LogP contribution is -2.08. The molecule has 1 unspecified atom stereocenters. The summed E-state index contributed by atoms with van der Waals surface area (Å²) in [4.78, 5) is 10.5. The molecular formula is C16H18N2O3. The number of rotatable bonds is 5. The minimum absolute atomic E-state index is 0.0146. The average molecular weight is 286 g/mol. The number of aryl methyl sites for hydroxylation is 1. The largest absolute Gasteiger partial charge is 0.497 e. The second-order valence-corrected chi connectivity index (χ2v) is 4.90. The molecule has 1 N–H and O–H groups in total. The predicted molar refractivity (Wildman–Crippen MR) is 82.9 cm³/mol. The van der Waals surface area contributed by atoms with E-state index in [9.17, 15) is 10.1 Å². The zero-order valence-electron chi connectivity index (χ0n) is 12.3. The van der Waals surface area contributed by atoms with Gasteiger partial charge in [0.25, 0.3) is 5.69 Å². The molecule has 0 fully saturated rings. The molecule has 5 nitrogen and oxygen atoms in total. The van der Waals surface area contributed by atoms with Gasteiger partial charge in [0.05, 0.1) is 12.0 Å². The van der Waals surface area contributed by atoms with Gasteiger partial charge in [-0.2, -0.15) is 0 Å². The molecule has 0 aliphatic rings. The van der Waals surface area contributed by atoms with E-state index in [0.717, 1.165) is 22.6 Å². The third-order valence-electron chi connectivity index (χ3n) is 3.40. The Hall–Kier alpha value is -2.56. The molecule has 0 saturated carbocycles. The fraction of sp³-hybridized carbons (Fsp3) is 0.250. The zero-order chi connectivity index (χ0) is 15.4. The van der Waals surface area contributed by atoms with Crippen molar-refractivity contribution in [3.8, 4) is 5.75 Å². The first kappa shape index (κ1) is 14.8. The van der Waals surface area contributed by atoms with Crippen molar-refractivity contribution in [3.05, 3.63) is 63.7 Å². The number of nitro benzene ring substituents is 1. The van der Waals surface area contributed by atoms with E-state index >= 15 is 0 Å². The highest BCUT2D eigenvalue weighted by Crippen LogP contribution is 2.27. The summed E-state index contributed by atoms with van der Waals surface area (Å²) in [6, 6.07) is 12.6. The van der Waals surface area contributed by atoms with Gasteiger partial charge < -0.3 is 10.1 Å². The number of methoxy groups -OCH3 is 1. The lowest BCUT2D eigenvalue weighted by Gasteiger charge is -2.18. The summed E-state index contributed by atoms with van der Waals surface area (Å²) in [5.41, 5.74) is 2.87. The van der Waals surface area contributed by atoms with Gasteiger partial charge in [0.15, 0.2) is 0 Å². The second kappa shape index (κ2) is 6.26. The first-order valence-electron chi connectivity index (χ1n) is 6.67. The summed E-state index contributed by atoms with van der Waals surface area (Å²) in [5, 5.41) is 14.2. The minimum atomic E-state index is -0.388. The number of anilines is 1. The number of ether oxygens (including phenoxy) is 1. The van der Waals surface area contributed by atoms with Crippen LogP contribution in [0.3, 0.4) is 0 Å². The maximum Gasteiger partial charge on any atom is 0.271 e. The van der Waals surface area contributed by atoms with E-state index in [1.54, 1.807) is 19.2 Å². The van der Waals surface area contributed by atoms with Crippen molar-refractivity contribution in [2.45, 2.75) is 19.9 Å². The molecule has 5 heteroatoms. The van der Waals surface area contributed by atoms with E-state index in [-0.39, 0.29) is 16.7 Å². The fourth-order valence-electron chi connectivity index (χ4n) is 2.11. The minimum Gasteiger partial charge on any atom is -0.497 e. The molecule has 2 aromatic rings. The molecule has 0 spiro atoms. The summed E-state index contributed by atoms with van der Waals surface area (Å²) >= 11 is 0. The standard InChI is InChI=1S/C16H18N2O3/c1-11-7-8-14(18(19)20)10-16(11)17-12(2)13-5-4-6-15(9-13)21-3/h4-10,12,17H,1-3H3. The Morgan fingerprint density at radius 2 is 2.00 bits per heavy atom. The first-order valence-corrected chi connectivity index (χ1v) is 6.67. The van der Waals surface area contributed by atoms with Gasteiger partial charge in [-0.15, -0.1) is 0 Å². The van der Waals surface area contributed by atoms with Crippen LogP contribution in [-0.4, -0.2) is 12.0 Å². The summed E-state index contributed by atoms with van der Waals surface area (Å²) in [7, 11) is 1.63. The fourth-order valence-corrected chi connectivity index (χ4v) is 2.11. The number of nitrogens with one attached hydrogen (secondary N) is 1. The molecule has 0 radical (unpaired) electrons. The molecular weight excluding hydrogens is 268 g/mol. The Morgan fingerprint density at radius 1 is 1.24 bits per heavy atom. The third-order valence-corrected chi connectivity index (χ3v) is 3.40. The van der Waals surface area contributed by atoms with Crippen LogP contribution < -0.4 is 10.1 Å². The van der Waals surface area contributed by atoms with Crippen molar-refractivity contribution in [1.82, 2.24) is 0 Å². The average Bonchev–Trinajstić information content (AvgIpc) is 2.49. The lowest BCUT2D eigenvalue weighted by molar-refractivity contribution is -0.384. The molecule has 0 aliphatic heterocycles. The number of hydrogen-bond donors (Lipinski definition) is 1. The number of benzene rings is 2. The molecule has 0 heterocycles. The van der Waals surface area contributed by atoms with Crippen molar-refractivity contribution < 1.29 is 9.66 Å². The molecule has 21 heavy (non-hydrogen) atoms. The molecule has 2 aromatic carbocycles. The number of non-ortho nitro benzene ring substituents is 1. The van der Waals surface area contributed by atoms with Crippen LogP contribution in [0, 0.1) is 17.0 Å². The second-order valence-electron chi connectivity index (χ2n) is 4.90. The van der Waals surface area contributed by atoms with E-state index in [4.69, 9.17) is 4.74 Å². The van der Waals surface area contributed by atoms with E-state index < -0.39 is 0 Å². The molecule has 0 aromatic heterocycles. The summed E-state index contributed by atoms with van der Waals surface area (Å²) < 4.78 is 5.21. The van der Waals surface area contributed by atoms with Crippen molar-refractivity contribution in [2.24, 2.45) is 0 Å². The van der Waals surface area contributed by atoms with Gasteiger partial charge in [-0.1, -0.05) is 18.2 Å². The number of hydrogen-bond acceptors (Lipinski definition) is 4. The van der Waals surface area contributed by atoms with Gasteiger partial charge in [0.1, 0.15) is 5.75 Å². The van der Waals surface area contributed by atoms with E-state index in [2.05, 4.69) is 5.32 Å². The van der Waals surface area contributed by atoms with Crippen LogP contribution in [0.4, 0.5) is 11.4 Å². The molecule has 0 amide bonds. The summed E-state index contributed by atoms with van der Waals surface area (Å²) in [6.45, 7) is 3.93. The molecule has 2 rings (SSSR count). The Labute approximate surface area is 123 Å². The van der Waals surface area contributed by atoms with E-state index in [1.165, 1.54) is 6.07 Å². The summed E-state index contributed by atoms with van der Waals surface area (Å²) in [6.07, 6.45) is 0. The number of nitrogens with zero attached hydrogens (tertiary/aromatic N) is 1. The quantitative estimate of drug-likeness (QED) is 0.664. The van der Waals surface area contributed by atoms with Gasteiger partial charge in [0.2, 0.25) is 0 Å². The van der Waals surface area contributed by atoms with E-state index in [0.29, 0.717) is 0 Å². The lowest BCUT2D eigenvalue weighted by atomic mass is 10.1. The molecule has 0 aliphatic carbocycles. The molecule has 110 valence electrons. The highest BCUT2D eigenvalue weighted by molar-refractivity contribution is 5.58. The maximum atomic E-state index is 10.9. The Balaban J connectivity index is 2.24. The monoisotopic (exact) mass is 286 g/mol. The van der Waals surface area contributed by atoms with Gasteiger partial charge in [-0.25, -0.2) is 0 Å². The van der Waals surface area contributed by atoms with Crippen LogP contribution in [0.25, 0.3) is 0 Å². The highest BCUT2D eigenvalue weighted by Gasteiger charge is 2.12. The van der Waals surface area contributed by atoms with Crippen LogP contribution in [0.2, 0.25) is 0 Å². The van der Waals surface area contributed by atoms with Crippen molar-refractivity contribution in [1.29, 1.82) is 0 Å². The van der Waals surface area contributed by atoms with Gasteiger partial charge >= 0.3 is 0 Å². The predicted octanol–water partition coefficient (Wildman–Crippen LogP) is 4.08. The topological polar surface area (TPSA) is 64.4 Å². The normalized spacial score (nSPS) is 11.8. The smallest absolute Gasteiger partial charge is 0.271 e. The molecule has 1 atom stereocenters. The maximum absolute atomic E-state index is 10.9. The molecule has 0 saturated heterocycles. The summed E-state index contributed by atoms with van der Waals surface area (Å²) in [5.74, 6) is 0.789.